The molecule has 0 aromatic heterocycles. The molecule has 3 aliphatic rings. The summed E-state index contributed by atoms with van der Waals surface area (Å²) in [6.45, 7) is 3.30. The Hall–Kier alpha value is -12.1. The van der Waals surface area contributed by atoms with Gasteiger partial charge in [0, 0.05) is 76.2 Å². The van der Waals surface area contributed by atoms with Gasteiger partial charge in [-0.2, -0.15) is 8.78 Å². The van der Waals surface area contributed by atoms with E-state index in [2.05, 4.69) is 41.7 Å². The number of alkyl carbamates (subject to hydrolysis) is 1. The Morgan fingerprint density at radius 2 is 1.12 bits per heavy atom. The van der Waals surface area contributed by atoms with Crippen molar-refractivity contribution in [2.75, 3.05) is 19.7 Å². The van der Waals surface area contributed by atoms with Gasteiger partial charge in [0.05, 0.1) is 11.1 Å². The molecule has 0 saturated heterocycles. The lowest BCUT2D eigenvalue weighted by Crippen LogP contribution is -2.59. The molecule has 8 amide bonds. The first kappa shape index (κ1) is 77.6. The van der Waals surface area contributed by atoms with Gasteiger partial charge in [-0.15, -0.1) is 4.89 Å². The third-order valence-corrected chi connectivity index (χ3v) is 18.7. The molecule has 28 heteroatoms. The van der Waals surface area contributed by atoms with Crippen molar-refractivity contribution in [3.63, 3.8) is 0 Å². The largest absolute Gasteiger partial charge is 0.701 e. The summed E-state index contributed by atoms with van der Waals surface area (Å²) in [4.78, 5) is 146. The van der Waals surface area contributed by atoms with Gasteiger partial charge in [-0.25, -0.2) is 9.59 Å². The smallest absolute Gasteiger partial charge is 0.508 e. The number of nitrogens with one attached hydrogen (secondary N) is 7. The van der Waals surface area contributed by atoms with Gasteiger partial charge in [0.1, 0.15) is 53.9 Å². The van der Waals surface area contributed by atoms with Crippen molar-refractivity contribution in [1.29, 1.82) is 0 Å². The van der Waals surface area contributed by atoms with Gasteiger partial charge in [-0.3, -0.25) is 38.4 Å². The first-order chi connectivity index (χ1) is 51.3. The number of benzene rings is 8. The average molecular weight is 1480 g/mol. The van der Waals surface area contributed by atoms with Crippen molar-refractivity contribution in [2.45, 2.75) is 114 Å². The topological polar surface area (TPSA) is 390 Å². The minimum absolute atomic E-state index is 0.0121. The normalized spacial score (nSPS) is 13.3. The molecule has 12 N–H and O–H groups in total. The molecule has 25 nitrogen and oxygen atoms in total. The maximum Gasteiger partial charge on any atom is 0.701 e. The van der Waals surface area contributed by atoms with Crippen LogP contribution in [0.5, 0.6) is 5.75 Å². The summed E-state index contributed by atoms with van der Waals surface area (Å²) < 4.78 is 56.8. The van der Waals surface area contributed by atoms with Crippen LogP contribution in [0.2, 0.25) is 0 Å². The summed E-state index contributed by atoms with van der Waals surface area (Å²) in [5.41, 5.74) is 11.4. The fourth-order valence-electron chi connectivity index (χ4n) is 12.7. The number of phenolic OH excluding ortho intramolecular Hbond substituents is 1. The van der Waals surface area contributed by atoms with Crippen LogP contribution >= 0.6 is 8.25 Å². The SMILES string of the molecule is CCc1ccc(C(=O)NCCCCC(NC(=O)C(Cc2ccc(C(F)(F)O[P+](=O)O)cc2)NC(=O)C(Cc2ccccc2)NC(=O)OCC2c3ccccc3-c3ccccc32)C(=O)NC(C)C(=O)NC(CCCCNC(=O)c2ccc(-c3c4ccc(=O)cc-4oc4cc(O)ccc34)c(C(=O)O)c2)C(N)=O)cc1. The number of amides is 8. The molecule has 0 bridgehead atoms. The lowest BCUT2D eigenvalue weighted by molar-refractivity contribution is -0.186. The number of carbonyl (C=O) groups is 9. The third kappa shape index (κ3) is 20.1. The number of ether oxygens (including phenoxy) is 1. The highest BCUT2D eigenvalue weighted by Gasteiger charge is 2.43. The summed E-state index contributed by atoms with van der Waals surface area (Å²) >= 11 is 0. The van der Waals surface area contributed by atoms with Gasteiger partial charge < -0.3 is 62.3 Å². The number of aromatic carboxylic acids is 1. The molecule has 7 aromatic rings. The van der Waals surface area contributed by atoms with Gasteiger partial charge in [-0.05, 0) is 162 Å². The molecule has 7 aromatic carbocycles. The number of halogens is 2. The van der Waals surface area contributed by atoms with Crippen molar-refractivity contribution in [2.24, 2.45) is 5.73 Å². The standard InChI is InChI=1S/C79H77F2N8O17P/c1-3-46-23-27-49(28-24-46)72(94)83-37-14-12-22-64(74(96)85-45(2)71(93)86-63(70(82)92)21-11-13-38-84-73(95)50-29-34-58(61(41-50)77(99)100)69-59-35-32-52(90)42-67(59)105-68-43-53(91)33-36-60(68)69)87-75(97)65(40-48-25-30-51(31-26-48)79(80,81)106-107(102)103)88-76(98)66(39-47-15-5-4-6-16-47)89-78(101)104-44-62-56-19-9-7-17-54(56)55-18-8-10-20-57(55)62/h4-10,15-20,23-36,41-43,45,62-66H,3,11-14,21-22,37-40,44H2,1-2H3,(H11-,82,83,84,85,86,87,88,89,90,91,92,93,94,95,96,97,98,99,100,101,102,103)/p+1. The first-order valence-corrected chi connectivity index (χ1v) is 35.7. The highest BCUT2D eigenvalue weighted by molar-refractivity contribution is 7.32. The minimum Gasteiger partial charge on any atom is -0.508 e. The van der Waals surface area contributed by atoms with Crippen LogP contribution in [-0.4, -0.2) is 118 Å². The Balaban J connectivity index is 0.820. The molecule has 107 heavy (non-hydrogen) atoms. The number of hydrogen-bond acceptors (Lipinski definition) is 15. The maximum atomic E-state index is 15.0. The van der Waals surface area contributed by atoms with Crippen molar-refractivity contribution in [1.82, 2.24) is 37.2 Å². The number of primary amides is 1. The van der Waals surface area contributed by atoms with E-state index < -0.39 is 104 Å². The van der Waals surface area contributed by atoms with Gasteiger partial charge in [0.25, 0.3) is 11.8 Å². The van der Waals surface area contributed by atoms with Crippen molar-refractivity contribution in [3.05, 3.63) is 242 Å². The Morgan fingerprint density at radius 1 is 0.579 bits per heavy atom. The number of aryl methyl sites for hydroxylation is 1. The van der Waals surface area contributed by atoms with E-state index >= 15 is 0 Å². The van der Waals surface area contributed by atoms with Crippen LogP contribution in [0.25, 0.3) is 44.5 Å². The zero-order chi connectivity index (χ0) is 76.5. The third-order valence-electron chi connectivity index (χ3n) is 18.3. The van der Waals surface area contributed by atoms with Crippen molar-refractivity contribution >= 4 is 72.6 Å². The second-order valence-electron chi connectivity index (χ2n) is 25.7. The van der Waals surface area contributed by atoms with E-state index in [0.717, 1.165) is 58.5 Å². The van der Waals surface area contributed by atoms with Gasteiger partial charge in [0.15, 0.2) is 5.43 Å². The molecule has 0 saturated carbocycles. The predicted octanol–water partition coefficient (Wildman–Crippen LogP) is 9.58. The number of carbonyl (C=O) groups excluding carboxylic acids is 8. The van der Waals surface area contributed by atoms with Crippen molar-refractivity contribution < 1.29 is 85.3 Å². The van der Waals surface area contributed by atoms with Crippen LogP contribution < -0.4 is 48.4 Å². The Bertz CT molecular complexity index is 4790. The molecule has 10 rings (SSSR count). The number of carboxylic acid groups (broad SMARTS) is 1. The summed E-state index contributed by atoms with van der Waals surface area (Å²) in [5.74, 6) is -7.39. The molecular weight excluding hydrogens is 1400 g/mol. The van der Waals surface area contributed by atoms with E-state index in [1.165, 1.54) is 55.5 Å². The van der Waals surface area contributed by atoms with Gasteiger partial charge >= 0.3 is 26.4 Å². The number of unbranched alkanes of at least 4 members (excludes halogenated alkanes) is 2. The number of alkyl halides is 2. The van der Waals surface area contributed by atoms with Crippen LogP contribution in [0, 0.1) is 0 Å². The number of nitrogens with two attached hydrogens (primary N) is 1. The van der Waals surface area contributed by atoms with E-state index in [1.54, 1.807) is 48.5 Å². The molecule has 1 aliphatic heterocycles. The second kappa shape index (κ2) is 35.6. The molecule has 2 aliphatic carbocycles. The van der Waals surface area contributed by atoms with E-state index in [9.17, 15) is 71.5 Å². The van der Waals surface area contributed by atoms with E-state index in [-0.39, 0.29) is 121 Å². The van der Waals surface area contributed by atoms with Crippen LogP contribution in [0.3, 0.4) is 0 Å². The van der Waals surface area contributed by atoms with Crippen LogP contribution in [-0.2, 0) is 63.2 Å². The predicted molar refractivity (Wildman–Crippen MR) is 391 cm³/mol. The highest BCUT2D eigenvalue weighted by Crippen LogP contribution is 2.45. The summed E-state index contributed by atoms with van der Waals surface area (Å²) in [7, 11) is -3.75. The van der Waals surface area contributed by atoms with Crippen molar-refractivity contribution in [3.8, 4) is 39.3 Å². The maximum absolute atomic E-state index is 15.0. The Labute approximate surface area is 613 Å². The number of hydrogen-bond donors (Lipinski definition) is 11. The summed E-state index contributed by atoms with van der Waals surface area (Å²) in [6, 6.07) is 40.1. The Morgan fingerprint density at radius 3 is 1.74 bits per heavy atom. The molecule has 0 radical (unpaired) electrons. The quantitative estimate of drug-likeness (QED) is 0.0101. The van der Waals surface area contributed by atoms with Gasteiger partial charge in [0.2, 0.25) is 29.5 Å². The fourth-order valence-corrected chi connectivity index (χ4v) is 13.0. The van der Waals surface area contributed by atoms with Gasteiger partial charge in [-0.1, -0.05) is 116 Å². The van der Waals surface area contributed by atoms with E-state index in [4.69, 9.17) is 19.8 Å². The minimum atomic E-state index is -4.23. The van der Waals surface area contributed by atoms with E-state index in [0.29, 0.717) is 27.6 Å². The highest BCUT2D eigenvalue weighted by atomic mass is 31.1. The molecule has 6 atom stereocenters. The molecule has 554 valence electrons. The lowest BCUT2D eigenvalue weighted by atomic mass is 9.90. The summed E-state index contributed by atoms with van der Waals surface area (Å²) in [6.07, 6.45) is -4.38. The number of rotatable bonds is 34. The Kier molecular flexibility index (Phi) is 25.8. The zero-order valence-corrected chi connectivity index (χ0v) is 59.0. The van der Waals surface area contributed by atoms with Crippen LogP contribution in [0.15, 0.2) is 191 Å². The number of phenols is 1. The molecular formula is C79H78F2N8O17P+. The molecule has 0 fully saturated rings. The molecule has 0 spiro atoms. The lowest BCUT2D eigenvalue weighted by Gasteiger charge is -2.27. The van der Waals surface area contributed by atoms with Crippen LogP contribution in [0.4, 0.5) is 13.6 Å². The van der Waals surface area contributed by atoms with Crippen LogP contribution in [0.1, 0.15) is 123 Å². The molecule has 1 heterocycles. The first-order valence-electron chi connectivity index (χ1n) is 34.6. The molecule has 6 unspecified atom stereocenters. The number of aromatic hydroxyl groups is 1. The number of carboxylic acids is 1. The average Bonchev–Trinajstić information content (AvgIpc) is 1.13. The zero-order valence-electron chi connectivity index (χ0n) is 58.1. The fraction of sp³-hybridized carbons (Fsp3) is 0.266. The number of fused-ring (bicyclic) bond motifs is 5. The summed E-state index contributed by atoms with van der Waals surface area (Å²) in [5, 5.41) is 39.8. The van der Waals surface area contributed by atoms with E-state index in [1.807, 2.05) is 67.6 Å². The second-order valence-corrected chi connectivity index (χ2v) is 26.4. The monoisotopic (exact) mass is 1480 g/mol.